The first-order chi connectivity index (χ1) is 7.74. The van der Waals surface area contributed by atoms with Gasteiger partial charge in [-0.2, -0.15) is 0 Å². The first-order valence-electron chi connectivity index (χ1n) is 6.06. The molecule has 5 heteroatoms. The van der Waals surface area contributed by atoms with E-state index in [1.54, 1.807) is 0 Å². The number of thiocarbonyl (C=S) groups is 1. The summed E-state index contributed by atoms with van der Waals surface area (Å²) in [4.78, 5) is 11.6. The number of nitrogens with one attached hydrogen (secondary N) is 3. The zero-order valence-corrected chi connectivity index (χ0v) is 10.7. The topological polar surface area (TPSA) is 53.2 Å². The van der Waals surface area contributed by atoms with E-state index in [9.17, 15) is 4.79 Å². The van der Waals surface area contributed by atoms with Gasteiger partial charge in [-0.05, 0) is 37.9 Å². The van der Waals surface area contributed by atoms with Crippen LogP contribution in [0, 0.1) is 0 Å². The lowest BCUT2D eigenvalue weighted by Gasteiger charge is -2.17. The molecule has 0 aromatic heterocycles. The molecule has 0 bridgehead atoms. The largest absolute Gasteiger partial charge is 0.363 e. The average Bonchev–Trinajstić information content (AvgIpc) is 2.45. The summed E-state index contributed by atoms with van der Waals surface area (Å²) in [6, 6.07) is -0.163. The Morgan fingerprint density at radius 1 is 1.56 bits per heavy atom. The van der Waals surface area contributed by atoms with Crippen molar-refractivity contribution in [3.63, 3.8) is 0 Å². The highest BCUT2D eigenvalue weighted by Crippen LogP contribution is 2.04. The van der Waals surface area contributed by atoms with Crippen molar-refractivity contribution in [1.82, 2.24) is 16.0 Å². The fourth-order valence-electron chi connectivity index (χ4n) is 1.67. The summed E-state index contributed by atoms with van der Waals surface area (Å²) in [5.41, 5.74) is 0. The molecule has 1 aliphatic heterocycles. The van der Waals surface area contributed by atoms with Crippen LogP contribution in [-0.2, 0) is 4.79 Å². The van der Waals surface area contributed by atoms with Crippen LogP contribution in [0.15, 0.2) is 0 Å². The van der Waals surface area contributed by atoms with Gasteiger partial charge in [0.05, 0.1) is 0 Å². The van der Waals surface area contributed by atoms with Crippen molar-refractivity contribution in [2.75, 3.05) is 13.1 Å². The Morgan fingerprint density at radius 3 is 3.12 bits per heavy atom. The maximum absolute atomic E-state index is 11.6. The van der Waals surface area contributed by atoms with E-state index in [4.69, 9.17) is 12.2 Å². The number of hydrogen-bond acceptors (Lipinski definition) is 2. The molecular weight excluding hydrogens is 222 g/mol. The highest BCUT2D eigenvalue weighted by Gasteiger charge is 2.20. The predicted octanol–water partition coefficient (Wildman–Crippen LogP) is 0.919. The molecule has 3 N–H and O–H groups in total. The average molecular weight is 243 g/mol. The van der Waals surface area contributed by atoms with Crippen LogP contribution in [0.4, 0.5) is 0 Å². The first-order valence-corrected chi connectivity index (χ1v) is 6.47. The quantitative estimate of drug-likeness (QED) is 0.508. The molecule has 1 atom stereocenters. The summed E-state index contributed by atoms with van der Waals surface area (Å²) >= 11 is 5.14. The number of hydrogen-bond donors (Lipinski definition) is 3. The maximum atomic E-state index is 11.6. The third kappa shape index (κ3) is 4.79. The third-order valence-corrected chi connectivity index (χ3v) is 2.92. The second-order valence-corrected chi connectivity index (χ2v) is 4.50. The van der Waals surface area contributed by atoms with Crippen molar-refractivity contribution >= 4 is 23.2 Å². The highest BCUT2D eigenvalue weighted by molar-refractivity contribution is 7.80. The van der Waals surface area contributed by atoms with Crippen molar-refractivity contribution in [2.24, 2.45) is 0 Å². The van der Waals surface area contributed by atoms with E-state index in [-0.39, 0.29) is 11.9 Å². The van der Waals surface area contributed by atoms with Gasteiger partial charge in [-0.15, -0.1) is 0 Å². The monoisotopic (exact) mass is 243 g/mol. The first kappa shape index (κ1) is 13.2. The summed E-state index contributed by atoms with van der Waals surface area (Å²) in [5, 5.41) is 9.66. The molecule has 1 amide bonds. The number of amides is 1. The van der Waals surface area contributed by atoms with Gasteiger partial charge in [-0.1, -0.05) is 13.3 Å². The number of carbonyl (C=O) groups is 1. The molecule has 1 aliphatic rings. The van der Waals surface area contributed by atoms with Gasteiger partial charge in [0.25, 0.3) is 0 Å². The van der Waals surface area contributed by atoms with Crippen LogP contribution in [0.5, 0.6) is 0 Å². The fourth-order valence-corrected chi connectivity index (χ4v) is 1.91. The van der Waals surface area contributed by atoms with Crippen LogP contribution in [0.2, 0.25) is 0 Å². The van der Waals surface area contributed by atoms with Gasteiger partial charge < -0.3 is 16.0 Å². The van der Waals surface area contributed by atoms with Crippen molar-refractivity contribution in [3.8, 4) is 0 Å². The Hall–Kier alpha value is -0.840. The smallest absolute Gasteiger partial charge is 0.242 e. The molecule has 0 saturated carbocycles. The van der Waals surface area contributed by atoms with E-state index in [1.807, 2.05) is 0 Å². The van der Waals surface area contributed by atoms with Crippen molar-refractivity contribution in [2.45, 2.75) is 45.1 Å². The van der Waals surface area contributed by atoms with Crippen molar-refractivity contribution in [1.29, 1.82) is 0 Å². The van der Waals surface area contributed by atoms with E-state index in [0.717, 1.165) is 45.2 Å². The van der Waals surface area contributed by atoms with Gasteiger partial charge in [0.15, 0.2) is 5.11 Å². The van der Waals surface area contributed by atoms with Crippen LogP contribution >= 0.6 is 12.2 Å². The summed E-state index contributed by atoms with van der Waals surface area (Å²) in [6.45, 7) is 3.79. The minimum Gasteiger partial charge on any atom is -0.363 e. The van der Waals surface area contributed by atoms with Crippen molar-refractivity contribution in [3.05, 3.63) is 0 Å². The summed E-state index contributed by atoms with van der Waals surface area (Å²) < 4.78 is 0. The van der Waals surface area contributed by atoms with Gasteiger partial charge in [-0.25, -0.2) is 0 Å². The molecule has 16 heavy (non-hydrogen) atoms. The molecule has 4 nitrogen and oxygen atoms in total. The van der Waals surface area contributed by atoms with Crippen LogP contribution in [-0.4, -0.2) is 30.2 Å². The lowest BCUT2D eigenvalue weighted by atomic mass is 10.1. The molecule has 1 fully saturated rings. The highest BCUT2D eigenvalue weighted by atomic mass is 32.1. The van der Waals surface area contributed by atoms with Crippen molar-refractivity contribution < 1.29 is 4.79 Å². The minimum atomic E-state index is -0.163. The second-order valence-electron chi connectivity index (χ2n) is 4.09. The van der Waals surface area contributed by atoms with Crippen LogP contribution in [0.25, 0.3) is 0 Å². The molecule has 0 spiro atoms. The summed E-state index contributed by atoms with van der Waals surface area (Å²) in [6.07, 6.45) is 5.22. The Balaban J connectivity index is 2.27. The number of unbranched alkanes of at least 4 members (excludes halogenated alkanes) is 1. The second kappa shape index (κ2) is 7.44. The normalized spacial score (nSPS) is 20.8. The molecular formula is C11H21N3OS. The van der Waals surface area contributed by atoms with Crippen LogP contribution in [0.3, 0.4) is 0 Å². The van der Waals surface area contributed by atoms with E-state index < -0.39 is 0 Å². The van der Waals surface area contributed by atoms with E-state index >= 15 is 0 Å². The number of carbonyl (C=O) groups excluding carboxylic acids is 1. The molecule has 1 rings (SSSR count). The Kier molecular flexibility index (Phi) is 6.15. The minimum absolute atomic E-state index is 0.0668. The van der Waals surface area contributed by atoms with E-state index in [1.165, 1.54) is 0 Å². The molecule has 0 aromatic rings. The zero-order valence-electron chi connectivity index (χ0n) is 9.84. The Labute approximate surface area is 103 Å². The predicted molar refractivity (Wildman–Crippen MR) is 69.3 cm³/mol. The standard InChI is InChI=1S/C11H21N3OS/c1-2-3-7-13-11(16)14-9-6-4-5-8-12-10(9)15/h9H,2-8H2,1H3,(H,12,15)(H2,13,14,16). The molecule has 0 radical (unpaired) electrons. The molecule has 92 valence electrons. The molecule has 0 aromatic carbocycles. The Bertz CT molecular complexity index is 245. The molecule has 1 unspecified atom stereocenters. The molecule has 1 heterocycles. The number of rotatable bonds is 4. The van der Waals surface area contributed by atoms with Gasteiger partial charge in [0.2, 0.25) is 5.91 Å². The molecule has 0 aliphatic carbocycles. The van der Waals surface area contributed by atoms with Gasteiger partial charge >= 0.3 is 0 Å². The fraction of sp³-hybridized carbons (Fsp3) is 0.818. The van der Waals surface area contributed by atoms with Gasteiger partial charge in [0, 0.05) is 13.1 Å². The van der Waals surface area contributed by atoms with E-state index in [0.29, 0.717) is 5.11 Å². The zero-order chi connectivity index (χ0) is 11.8. The lowest BCUT2D eigenvalue weighted by molar-refractivity contribution is -0.122. The Morgan fingerprint density at radius 2 is 2.38 bits per heavy atom. The SMILES string of the molecule is CCCCNC(=S)NC1CCCCNC1=O. The lowest BCUT2D eigenvalue weighted by Crippen LogP contribution is -2.49. The summed E-state index contributed by atoms with van der Waals surface area (Å²) in [7, 11) is 0. The van der Waals surface area contributed by atoms with Crippen LogP contribution in [0.1, 0.15) is 39.0 Å². The molecule has 1 saturated heterocycles. The van der Waals surface area contributed by atoms with Gasteiger partial charge in [-0.3, -0.25) is 4.79 Å². The van der Waals surface area contributed by atoms with Gasteiger partial charge in [0.1, 0.15) is 6.04 Å². The maximum Gasteiger partial charge on any atom is 0.242 e. The summed E-state index contributed by atoms with van der Waals surface area (Å²) in [5.74, 6) is 0.0668. The third-order valence-electron chi connectivity index (χ3n) is 2.66. The van der Waals surface area contributed by atoms with Crippen LogP contribution < -0.4 is 16.0 Å². The van der Waals surface area contributed by atoms with E-state index in [2.05, 4.69) is 22.9 Å².